The molecule has 11 heteroatoms. The summed E-state index contributed by atoms with van der Waals surface area (Å²) in [5, 5.41) is 0. The third kappa shape index (κ3) is 4.20. The first-order chi connectivity index (χ1) is 12.7. The molecule has 27 heavy (non-hydrogen) atoms. The first kappa shape index (κ1) is 19.5. The molecule has 1 aromatic carbocycles. The molecule has 0 N–H and O–H groups in total. The van der Waals surface area contributed by atoms with Crippen molar-refractivity contribution in [2.45, 2.75) is 11.4 Å². The number of fused-ring (bicyclic) bond motifs is 1. The van der Waals surface area contributed by atoms with Crippen LogP contribution in [0.3, 0.4) is 0 Å². The van der Waals surface area contributed by atoms with Crippen molar-refractivity contribution in [3.63, 3.8) is 0 Å². The summed E-state index contributed by atoms with van der Waals surface area (Å²) < 4.78 is 35.9. The summed E-state index contributed by atoms with van der Waals surface area (Å²) in [5.41, 5.74) is 0.560. The second-order valence-corrected chi connectivity index (χ2v) is 9.28. The van der Waals surface area contributed by atoms with Crippen LogP contribution in [0.2, 0.25) is 0 Å². The first-order valence-electron chi connectivity index (χ1n) is 7.43. The van der Waals surface area contributed by atoms with Crippen LogP contribution in [-0.2, 0) is 25.9 Å². The van der Waals surface area contributed by atoms with Gasteiger partial charge in [-0.3, -0.25) is 9.59 Å². The summed E-state index contributed by atoms with van der Waals surface area (Å²) in [6, 6.07) is 7.52. The van der Waals surface area contributed by atoms with Gasteiger partial charge in [0.2, 0.25) is 0 Å². The molecule has 3 aromatic rings. The predicted octanol–water partition coefficient (Wildman–Crippen LogP) is 2.38. The molecule has 2 aromatic heterocycles. The number of nitrogens with zero attached hydrogens (tertiary/aromatic N) is 2. The van der Waals surface area contributed by atoms with Gasteiger partial charge in [0.1, 0.15) is 6.54 Å². The number of sulfone groups is 1. The first-order valence-corrected chi connectivity index (χ1v) is 10.9. The van der Waals surface area contributed by atoms with Gasteiger partial charge in [-0.05, 0) is 46.3 Å². The van der Waals surface area contributed by atoms with E-state index in [-0.39, 0.29) is 22.0 Å². The minimum absolute atomic E-state index is 0.0285. The Labute approximate surface area is 166 Å². The number of carbonyl (C=O) groups excluding carboxylic acids is 2. The monoisotopic (exact) mass is 472 g/mol. The number of rotatable bonds is 4. The molecule has 142 valence electrons. The Morgan fingerprint density at radius 2 is 2.04 bits per heavy atom. The van der Waals surface area contributed by atoms with Crippen LogP contribution in [0.5, 0.6) is 0 Å². The summed E-state index contributed by atoms with van der Waals surface area (Å²) in [5.74, 6) is -1.13. The Morgan fingerprint density at radius 3 is 2.63 bits per heavy atom. The van der Waals surface area contributed by atoms with Crippen molar-refractivity contribution < 1.29 is 27.2 Å². The van der Waals surface area contributed by atoms with E-state index in [4.69, 9.17) is 9.15 Å². The minimum Gasteiger partial charge on any atom is -0.468 e. The largest absolute Gasteiger partial charge is 0.468 e. The number of thiazole rings is 1. The summed E-state index contributed by atoms with van der Waals surface area (Å²) in [7, 11) is -2.15. The van der Waals surface area contributed by atoms with Crippen LogP contribution < -0.4 is 4.80 Å². The Hall–Kier alpha value is -2.24. The van der Waals surface area contributed by atoms with E-state index >= 15 is 0 Å². The summed E-state index contributed by atoms with van der Waals surface area (Å²) >= 11 is 4.20. The van der Waals surface area contributed by atoms with Crippen molar-refractivity contribution in [3.8, 4) is 0 Å². The van der Waals surface area contributed by atoms with Crippen molar-refractivity contribution in [2.75, 3.05) is 13.4 Å². The van der Waals surface area contributed by atoms with Crippen molar-refractivity contribution in [1.29, 1.82) is 0 Å². The Morgan fingerprint density at radius 1 is 1.30 bits per heavy atom. The fourth-order valence-corrected chi connectivity index (χ4v) is 4.38. The van der Waals surface area contributed by atoms with Gasteiger partial charge in [-0.1, -0.05) is 11.3 Å². The molecule has 0 radical (unpaired) electrons. The van der Waals surface area contributed by atoms with Crippen LogP contribution in [-0.4, -0.2) is 38.2 Å². The van der Waals surface area contributed by atoms with Gasteiger partial charge in [0, 0.05) is 6.26 Å². The van der Waals surface area contributed by atoms with E-state index in [9.17, 15) is 18.0 Å². The van der Waals surface area contributed by atoms with Crippen LogP contribution in [0, 0.1) is 0 Å². The van der Waals surface area contributed by atoms with Gasteiger partial charge in [0.05, 0.1) is 22.2 Å². The fraction of sp³-hybridized carbons (Fsp3) is 0.188. The van der Waals surface area contributed by atoms with Crippen molar-refractivity contribution in [1.82, 2.24) is 4.57 Å². The molecule has 0 unspecified atom stereocenters. The van der Waals surface area contributed by atoms with Gasteiger partial charge in [0.25, 0.3) is 0 Å². The predicted molar refractivity (Wildman–Crippen MR) is 101 cm³/mol. The topological polar surface area (TPSA) is 108 Å². The number of furan rings is 1. The number of methoxy groups -OCH3 is 1. The van der Waals surface area contributed by atoms with E-state index in [1.165, 1.54) is 29.9 Å². The second kappa shape index (κ2) is 7.41. The van der Waals surface area contributed by atoms with Crippen LogP contribution in [0.15, 0.2) is 49.3 Å². The molecule has 8 nitrogen and oxygen atoms in total. The molecule has 0 aliphatic carbocycles. The van der Waals surface area contributed by atoms with Crippen LogP contribution in [0.4, 0.5) is 0 Å². The highest BCUT2D eigenvalue weighted by molar-refractivity contribution is 9.10. The minimum atomic E-state index is -3.40. The molecular weight excluding hydrogens is 460 g/mol. The molecule has 0 aliphatic rings. The molecule has 3 rings (SSSR count). The molecule has 0 atom stereocenters. The van der Waals surface area contributed by atoms with E-state index in [1.807, 2.05) is 0 Å². The molecule has 0 saturated carbocycles. The van der Waals surface area contributed by atoms with E-state index in [2.05, 4.69) is 20.9 Å². The maximum absolute atomic E-state index is 12.3. The zero-order valence-corrected chi connectivity index (χ0v) is 17.4. The molecule has 0 spiro atoms. The third-order valence-electron chi connectivity index (χ3n) is 3.58. The summed E-state index contributed by atoms with van der Waals surface area (Å²) in [6.07, 6.45) is 1.11. The maximum Gasteiger partial charge on any atom is 0.325 e. The molecule has 0 fully saturated rings. The number of amides is 1. The average molecular weight is 473 g/mol. The highest BCUT2D eigenvalue weighted by Gasteiger charge is 2.16. The van der Waals surface area contributed by atoms with E-state index in [1.54, 1.807) is 12.1 Å². The van der Waals surface area contributed by atoms with Crippen molar-refractivity contribution in [3.05, 3.63) is 45.6 Å². The number of hydrogen-bond donors (Lipinski definition) is 0. The maximum atomic E-state index is 12.3. The number of ether oxygens (including phenoxy) is 1. The number of carbonyl (C=O) groups is 2. The van der Waals surface area contributed by atoms with E-state index in [0.29, 0.717) is 14.9 Å². The lowest BCUT2D eigenvalue weighted by molar-refractivity contribution is -0.141. The van der Waals surface area contributed by atoms with Gasteiger partial charge in [0.15, 0.2) is 25.1 Å². The average Bonchev–Trinajstić information content (AvgIpc) is 3.17. The Bertz CT molecular complexity index is 1220. The number of aromatic nitrogens is 1. The van der Waals surface area contributed by atoms with Gasteiger partial charge in [-0.15, -0.1) is 0 Å². The van der Waals surface area contributed by atoms with Gasteiger partial charge < -0.3 is 13.7 Å². The summed E-state index contributed by atoms with van der Waals surface area (Å²) in [4.78, 5) is 28.5. The van der Waals surface area contributed by atoms with Crippen LogP contribution >= 0.6 is 27.3 Å². The lowest BCUT2D eigenvalue weighted by atomic mass is 10.3. The van der Waals surface area contributed by atoms with Crippen molar-refractivity contribution in [2.24, 2.45) is 4.99 Å². The normalized spacial score (nSPS) is 12.5. The smallest absolute Gasteiger partial charge is 0.325 e. The van der Waals surface area contributed by atoms with Gasteiger partial charge in [-0.2, -0.15) is 4.99 Å². The van der Waals surface area contributed by atoms with Crippen LogP contribution in [0.1, 0.15) is 10.6 Å². The molecule has 0 saturated heterocycles. The molecule has 1 amide bonds. The summed E-state index contributed by atoms with van der Waals surface area (Å²) in [6.45, 7) is -0.178. The quantitative estimate of drug-likeness (QED) is 0.539. The fourth-order valence-electron chi connectivity index (χ4n) is 2.29. The van der Waals surface area contributed by atoms with Crippen molar-refractivity contribution >= 4 is 59.2 Å². The van der Waals surface area contributed by atoms with Gasteiger partial charge in [-0.25, -0.2) is 8.42 Å². The standard InChI is InChI=1S/C16H13BrN2O6S2/c1-24-14(20)8-19-10-4-3-9(27(2,22)23)7-12(10)26-16(19)18-15(21)11-5-6-13(17)25-11/h3-7H,8H2,1-2H3. The highest BCUT2D eigenvalue weighted by Crippen LogP contribution is 2.22. The number of hydrogen-bond acceptors (Lipinski definition) is 7. The lowest BCUT2D eigenvalue weighted by Crippen LogP contribution is -2.22. The van der Waals surface area contributed by atoms with E-state index < -0.39 is 21.7 Å². The number of halogens is 1. The molecule has 2 heterocycles. The SMILES string of the molecule is COC(=O)Cn1c(=NC(=O)c2ccc(Br)o2)sc2cc(S(C)(=O)=O)ccc21. The molecular formula is C16H13BrN2O6S2. The number of benzene rings is 1. The van der Waals surface area contributed by atoms with Crippen LogP contribution in [0.25, 0.3) is 10.2 Å². The van der Waals surface area contributed by atoms with Gasteiger partial charge >= 0.3 is 11.9 Å². The van der Waals surface area contributed by atoms with E-state index in [0.717, 1.165) is 17.6 Å². The molecule has 0 bridgehead atoms. The number of esters is 1. The Balaban J connectivity index is 2.19. The molecule has 0 aliphatic heterocycles. The highest BCUT2D eigenvalue weighted by atomic mass is 79.9. The third-order valence-corrected chi connectivity index (χ3v) is 6.16. The zero-order chi connectivity index (χ0) is 19.8. The lowest BCUT2D eigenvalue weighted by Gasteiger charge is -2.04. The Kier molecular flexibility index (Phi) is 5.36. The second-order valence-electron chi connectivity index (χ2n) is 5.47. The zero-order valence-electron chi connectivity index (χ0n) is 14.1.